The predicted molar refractivity (Wildman–Crippen MR) is 94.4 cm³/mol. The number of benzene rings is 1. The van der Waals surface area contributed by atoms with Gasteiger partial charge >= 0.3 is 0 Å². The standard InChI is InChI=1S/C18H19N5O/c1-22(2)9-8-20-13-4-5-14-16-15(13)18(24)11-6-7-19-10-12(11)17(16)21-23(14)3/h4-7,10,20H,8-9H2,1-3H3. The van der Waals surface area contributed by atoms with E-state index in [4.69, 9.17) is 0 Å². The number of hydrogen-bond donors (Lipinski definition) is 1. The number of pyridine rings is 1. The summed E-state index contributed by atoms with van der Waals surface area (Å²) in [4.78, 5) is 19.4. The van der Waals surface area contributed by atoms with Crippen LogP contribution >= 0.6 is 0 Å². The van der Waals surface area contributed by atoms with E-state index < -0.39 is 0 Å². The van der Waals surface area contributed by atoms with Gasteiger partial charge in [-0.3, -0.25) is 14.5 Å². The van der Waals surface area contributed by atoms with Crippen molar-refractivity contribution in [2.45, 2.75) is 0 Å². The molecule has 2 aromatic heterocycles. The van der Waals surface area contributed by atoms with Crippen molar-refractivity contribution >= 4 is 22.4 Å². The second kappa shape index (κ2) is 5.42. The zero-order valence-electron chi connectivity index (χ0n) is 14.0. The fourth-order valence-corrected chi connectivity index (χ4v) is 3.26. The van der Waals surface area contributed by atoms with Gasteiger partial charge in [0.1, 0.15) is 5.69 Å². The number of rotatable bonds is 4. The summed E-state index contributed by atoms with van der Waals surface area (Å²) < 4.78 is 1.83. The summed E-state index contributed by atoms with van der Waals surface area (Å²) in [6, 6.07) is 5.77. The summed E-state index contributed by atoms with van der Waals surface area (Å²) in [7, 11) is 5.96. The average molecular weight is 321 g/mol. The van der Waals surface area contributed by atoms with Crippen LogP contribution < -0.4 is 5.32 Å². The number of carbonyl (C=O) groups excluding carboxylic acids is 1. The van der Waals surface area contributed by atoms with Crippen LogP contribution in [0, 0.1) is 0 Å². The van der Waals surface area contributed by atoms with Crippen LogP contribution in [0.4, 0.5) is 5.69 Å². The smallest absolute Gasteiger partial charge is 0.196 e. The van der Waals surface area contributed by atoms with E-state index in [1.807, 2.05) is 38.0 Å². The largest absolute Gasteiger partial charge is 0.383 e. The molecule has 1 aromatic carbocycles. The van der Waals surface area contributed by atoms with E-state index in [0.717, 1.165) is 40.9 Å². The molecule has 0 unspecified atom stereocenters. The number of carbonyl (C=O) groups is 1. The van der Waals surface area contributed by atoms with E-state index in [1.54, 1.807) is 18.5 Å². The highest BCUT2D eigenvalue weighted by Crippen LogP contribution is 2.41. The first-order valence-electron chi connectivity index (χ1n) is 7.95. The van der Waals surface area contributed by atoms with E-state index in [-0.39, 0.29) is 5.78 Å². The third-order valence-electron chi connectivity index (χ3n) is 4.44. The number of nitrogens with zero attached hydrogens (tertiary/aromatic N) is 4. The molecule has 6 nitrogen and oxygen atoms in total. The summed E-state index contributed by atoms with van der Waals surface area (Å²) in [5.74, 6) is 0.0332. The molecule has 24 heavy (non-hydrogen) atoms. The van der Waals surface area contributed by atoms with Crippen LogP contribution in [0.1, 0.15) is 15.9 Å². The maximum absolute atomic E-state index is 13.1. The van der Waals surface area contributed by atoms with Gasteiger partial charge in [-0.1, -0.05) is 0 Å². The Morgan fingerprint density at radius 3 is 2.83 bits per heavy atom. The third kappa shape index (κ3) is 2.11. The minimum Gasteiger partial charge on any atom is -0.383 e. The lowest BCUT2D eigenvalue weighted by Gasteiger charge is -2.19. The number of hydrogen-bond acceptors (Lipinski definition) is 5. The summed E-state index contributed by atoms with van der Waals surface area (Å²) >= 11 is 0. The number of likely N-dealkylation sites (N-methyl/N-ethyl adjacent to an activating group) is 1. The second-order valence-corrected chi connectivity index (χ2v) is 6.33. The van der Waals surface area contributed by atoms with Crippen molar-refractivity contribution in [2.24, 2.45) is 7.05 Å². The fraction of sp³-hybridized carbons (Fsp3) is 0.278. The van der Waals surface area contributed by atoms with Gasteiger partial charge in [0.25, 0.3) is 0 Å². The molecule has 0 spiro atoms. The number of anilines is 1. The lowest BCUT2D eigenvalue weighted by atomic mass is 9.87. The van der Waals surface area contributed by atoms with E-state index >= 15 is 0 Å². The minimum atomic E-state index is 0.0332. The van der Waals surface area contributed by atoms with Gasteiger partial charge in [-0.15, -0.1) is 0 Å². The molecule has 0 saturated heterocycles. The molecule has 0 saturated carbocycles. The number of nitrogens with one attached hydrogen (secondary N) is 1. The van der Waals surface area contributed by atoms with E-state index in [2.05, 4.69) is 20.3 Å². The molecule has 0 radical (unpaired) electrons. The van der Waals surface area contributed by atoms with E-state index in [9.17, 15) is 4.79 Å². The summed E-state index contributed by atoms with van der Waals surface area (Å²) in [5.41, 5.74) is 4.85. The first kappa shape index (κ1) is 14.8. The Hall–Kier alpha value is -2.73. The number of aromatic nitrogens is 3. The SMILES string of the molecule is CN(C)CCNc1ccc2c3c(nn2C)-c2cnccc2C(=O)c13. The van der Waals surface area contributed by atoms with Crippen molar-refractivity contribution in [3.63, 3.8) is 0 Å². The highest BCUT2D eigenvalue weighted by molar-refractivity contribution is 6.27. The summed E-state index contributed by atoms with van der Waals surface area (Å²) in [5, 5.41) is 8.95. The Bertz CT molecular complexity index is 957. The van der Waals surface area contributed by atoms with Crippen LogP contribution in [0.2, 0.25) is 0 Å². The number of fused-ring (bicyclic) bond motifs is 2. The third-order valence-corrected chi connectivity index (χ3v) is 4.44. The molecule has 2 heterocycles. The van der Waals surface area contributed by atoms with Gasteiger partial charge in [-0.05, 0) is 32.3 Å². The molecule has 1 aliphatic rings. The average Bonchev–Trinajstić information content (AvgIpc) is 2.90. The van der Waals surface area contributed by atoms with Crippen molar-refractivity contribution in [3.05, 3.63) is 41.7 Å². The van der Waals surface area contributed by atoms with Crippen LogP contribution in [-0.2, 0) is 7.05 Å². The molecular weight excluding hydrogens is 302 g/mol. The van der Waals surface area contributed by atoms with Crippen molar-refractivity contribution in [1.29, 1.82) is 0 Å². The van der Waals surface area contributed by atoms with Gasteiger partial charge in [-0.25, -0.2) is 0 Å². The molecule has 0 bridgehead atoms. The second-order valence-electron chi connectivity index (χ2n) is 6.33. The molecular formula is C18H19N5O. The molecule has 0 aliphatic heterocycles. The molecule has 122 valence electrons. The van der Waals surface area contributed by atoms with Crippen molar-refractivity contribution in [1.82, 2.24) is 19.7 Å². The molecule has 0 fully saturated rings. The summed E-state index contributed by atoms with van der Waals surface area (Å²) in [6.45, 7) is 1.67. The highest BCUT2D eigenvalue weighted by atomic mass is 16.1. The van der Waals surface area contributed by atoms with Crippen LogP contribution in [0.5, 0.6) is 0 Å². The Kier molecular flexibility index (Phi) is 3.35. The number of ketones is 1. The van der Waals surface area contributed by atoms with Crippen LogP contribution in [0.3, 0.4) is 0 Å². The number of aryl methyl sites for hydroxylation is 1. The fourth-order valence-electron chi connectivity index (χ4n) is 3.26. The molecule has 3 aromatic rings. The Labute approximate surface area is 140 Å². The molecule has 4 rings (SSSR count). The molecule has 0 atom stereocenters. The van der Waals surface area contributed by atoms with Crippen LogP contribution in [0.25, 0.3) is 22.2 Å². The lowest BCUT2D eigenvalue weighted by Crippen LogP contribution is -2.22. The first-order chi connectivity index (χ1) is 11.6. The lowest BCUT2D eigenvalue weighted by molar-refractivity contribution is 0.104. The van der Waals surface area contributed by atoms with E-state index in [1.165, 1.54) is 0 Å². The quantitative estimate of drug-likeness (QED) is 0.624. The van der Waals surface area contributed by atoms with Crippen molar-refractivity contribution in [3.8, 4) is 11.3 Å². The van der Waals surface area contributed by atoms with Gasteiger partial charge in [-0.2, -0.15) is 5.10 Å². The minimum absolute atomic E-state index is 0.0332. The maximum atomic E-state index is 13.1. The summed E-state index contributed by atoms with van der Waals surface area (Å²) in [6.07, 6.45) is 3.38. The normalized spacial score (nSPS) is 12.8. The topological polar surface area (TPSA) is 63.1 Å². The Balaban J connectivity index is 1.92. The highest BCUT2D eigenvalue weighted by Gasteiger charge is 2.30. The van der Waals surface area contributed by atoms with Crippen molar-refractivity contribution < 1.29 is 4.79 Å². The molecule has 1 N–H and O–H groups in total. The van der Waals surface area contributed by atoms with Gasteiger partial charge < -0.3 is 10.2 Å². The molecule has 0 amide bonds. The predicted octanol–water partition coefficient (Wildman–Crippen LogP) is 2.15. The van der Waals surface area contributed by atoms with Gasteiger partial charge in [0.15, 0.2) is 5.78 Å². The monoisotopic (exact) mass is 321 g/mol. The molecule has 6 heteroatoms. The van der Waals surface area contributed by atoms with E-state index in [0.29, 0.717) is 11.1 Å². The van der Waals surface area contributed by atoms with Gasteiger partial charge in [0.05, 0.1) is 11.1 Å². The molecule has 1 aliphatic carbocycles. The van der Waals surface area contributed by atoms with Crippen LogP contribution in [-0.4, -0.2) is 52.6 Å². The van der Waals surface area contributed by atoms with Gasteiger partial charge in [0.2, 0.25) is 0 Å². The Morgan fingerprint density at radius 1 is 1.21 bits per heavy atom. The zero-order valence-corrected chi connectivity index (χ0v) is 14.0. The zero-order chi connectivity index (χ0) is 16.8. The maximum Gasteiger partial charge on any atom is 0.196 e. The Morgan fingerprint density at radius 2 is 2.04 bits per heavy atom. The van der Waals surface area contributed by atoms with Crippen LogP contribution in [0.15, 0.2) is 30.6 Å². The first-order valence-corrected chi connectivity index (χ1v) is 7.95. The van der Waals surface area contributed by atoms with Gasteiger partial charge in [0, 0.05) is 54.7 Å². The van der Waals surface area contributed by atoms with Crippen molar-refractivity contribution in [2.75, 3.05) is 32.5 Å².